The molecule has 0 bridgehead atoms. The van der Waals surface area contributed by atoms with Gasteiger partial charge in [0.25, 0.3) is 27.4 Å². The van der Waals surface area contributed by atoms with E-state index in [2.05, 4.69) is 15.8 Å². The van der Waals surface area contributed by atoms with Crippen molar-refractivity contribution in [2.75, 3.05) is 17.5 Å². The summed E-state index contributed by atoms with van der Waals surface area (Å²) in [6.45, 7) is 4.50. The van der Waals surface area contributed by atoms with E-state index >= 15 is 0 Å². The average molecular weight is 619 g/mol. The predicted molar refractivity (Wildman–Crippen MR) is 168 cm³/mol. The summed E-state index contributed by atoms with van der Waals surface area (Å²) in [5.41, 5.74) is 3.09. The van der Waals surface area contributed by atoms with Gasteiger partial charge in [0, 0.05) is 13.1 Å². The number of hydrazone groups is 1. The monoisotopic (exact) mass is 618 g/mol. The van der Waals surface area contributed by atoms with E-state index in [-0.39, 0.29) is 29.1 Å². The minimum atomic E-state index is -4.33. The molecule has 0 aliphatic rings. The van der Waals surface area contributed by atoms with Crippen molar-refractivity contribution in [1.82, 2.24) is 20.1 Å². The summed E-state index contributed by atoms with van der Waals surface area (Å²) in [5, 5.41) is 6.69. The number of rotatable bonds is 12. The molecule has 0 radical (unpaired) electrons. The van der Waals surface area contributed by atoms with E-state index < -0.39 is 28.0 Å². The molecule has 3 aromatic carbocycles. The van der Waals surface area contributed by atoms with Crippen LogP contribution in [-0.2, 0) is 26.7 Å². The Morgan fingerprint density at radius 2 is 1.57 bits per heavy atom. The van der Waals surface area contributed by atoms with E-state index in [1.165, 1.54) is 23.0 Å². The average Bonchev–Trinajstić information content (AvgIpc) is 3.22. The van der Waals surface area contributed by atoms with Crippen LogP contribution in [0.5, 0.6) is 5.75 Å². The number of hydrogen-bond acceptors (Lipinski definition) is 7. The smallest absolute Gasteiger partial charge is 0.296 e. The fraction of sp³-hybridized carbons (Fsp3) is 0.226. The number of para-hydroxylation sites is 1. The van der Waals surface area contributed by atoms with Crippen molar-refractivity contribution < 1.29 is 22.7 Å². The number of anilines is 1. The maximum absolute atomic E-state index is 13.8. The van der Waals surface area contributed by atoms with Gasteiger partial charge in [-0.1, -0.05) is 36.4 Å². The second-order valence-electron chi connectivity index (χ2n) is 10.1. The van der Waals surface area contributed by atoms with Crippen LogP contribution in [0, 0.1) is 6.92 Å². The molecule has 0 fully saturated rings. The zero-order valence-corrected chi connectivity index (χ0v) is 25.6. The summed E-state index contributed by atoms with van der Waals surface area (Å²) in [6.07, 6.45) is 1.37. The Kier molecular flexibility index (Phi) is 10.0. The number of aromatic nitrogens is 2. The van der Waals surface area contributed by atoms with Gasteiger partial charge in [-0.2, -0.15) is 5.10 Å². The first kappa shape index (κ1) is 31.8. The maximum atomic E-state index is 13.8. The molecule has 4 aromatic rings. The molecule has 13 heteroatoms. The highest BCUT2D eigenvalue weighted by molar-refractivity contribution is 7.92. The summed E-state index contributed by atoms with van der Waals surface area (Å²) in [4.78, 5) is 38.5. The summed E-state index contributed by atoms with van der Waals surface area (Å²) in [5.74, 6) is -0.515. The van der Waals surface area contributed by atoms with Gasteiger partial charge < -0.3 is 10.1 Å². The Morgan fingerprint density at radius 3 is 2.18 bits per heavy atom. The number of benzene rings is 3. The molecule has 1 heterocycles. The Balaban J connectivity index is 1.55. The third kappa shape index (κ3) is 7.42. The molecule has 0 spiro atoms. The molecule has 0 atom stereocenters. The van der Waals surface area contributed by atoms with Crippen molar-refractivity contribution in [1.29, 1.82) is 0 Å². The van der Waals surface area contributed by atoms with E-state index in [1.54, 1.807) is 91.4 Å². The van der Waals surface area contributed by atoms with Crippen LogP contribution in [0.3, 0.4) is 0 Å². The molecule has 0 saturated heterocycles. The van der Waals surface area contributed by atoms with Gasteiger partial charge in [0.15, 0.2) is 6.61 Å². The highest BCUT2D eigenvalue weighted by Gasteiger charge is 2.33. The highest BCUT2D eigenvalue weighted by Crippen LogP contribution is 2.25. The van der Waals surface area contributed by atoms with Crippen LogP contribution in [0.4, 0.5) is 5.69 Å². The minimum Gasteiger partial charge on any atom is -0.484 e. The van der Waals surface area contributed by atoms with Crippen molar-refractivity contribution in [3.8, 4) is 11.4 Å². The van der Waals surface area contributed by atoms with Gasteiger partial charge in [-0.15, -0.1) is 0 Å². The molecule has 12 nitrogen and oxygen atoms in total. The first-order chi connectivity index (χ1) is 21.0. The van der Waals surface area contributed by atoms with E-state index in [0.717, 1.165) is 4.31 Å². The molecule has 44 heavy (non-hydrogen) atoms. The molecule has 0 aliphatic carbocycles. The summed E-state index contributed by atoms with van der Waals surface area (Å²) >= 11 is 0. The van der Waals surface area contributed by atoms with Crippen LogP contribution in [0.15, 0.2) is 99.7 Å². The number of carbonyl (C=O) groups excluding carboxylic acids is 2. The van der Waals surface area contributed by atoms with Crippen molar-refractivity contribution in [2.45, 2.75) is 31.7 Å². The zero-order valence-electron chi connectivity index (χ0n) is 24.8. The number of nitrogens with one attached hydrogen (secondary N) is 2. The lowest BCUT2D eigenvalue weighted by Gasteiger charge is -2.22. The van der Waals surface area contributed by atoms with Gasteiger partial charge in [-0.25, -0.2) is 22.8 Å². The van der Waals surface area contributed by atoms with Gasteiger partial charge in [0.05, 0.1) is 22.5 Å². The first-order valence-electron chi connectivity index (χ1n) is 13.7. The number of nitrogens with zero attached hydrogens (tertiary/aromatic N) is 4. The fourth-order valence-corrected chi connectivity index (χ4v) is 5.85. The quantitative estimate of drug-likeness (QED) is 0.185. The lowest BCUT2D eigenvalue weighted by Crippen LogP contribution is -2.42. The molecule has 4 rings (SSSR count). The van der Waals surface area contributed by atoms with Gasteiger partial charge in [0.2, 0.25) is 0 Å². The molecule has 0 aliphatic heterocycles. The third-order valence-electron chi connectivity index (χ3n) is 6.49. The molecule has 0 unspecified atom stereocenters. The van der Waals surface area contributed by atoms with E-state index in [0.29, 0.717) is 22.7 Å². The van der Waals surface area contributed by atoms with E-state index in [9.17, 15) is 22.8 Å². The SMILES string of the molecule is Cc1c(N(CC(=O)N/N=C\c2ccc(OCC(=O)NC(C)C)cc2)S(=O)(=O)c2ccccc2)c(=O)n(-c2ccccc2)n1C. The number of amides is 2. The highest BCUT2D eigenvalue weighted by atomic mass is 32.2. The molecule has 2 N–H and O–H groups in total. The summed E-state index contributed by atoms with van der Waals surface area (Å²) in [6, 6.07) is 23.0. The van der Waals surface area contributed by atoms with Crippen LogP contribution >= 0.6 is 0 Å². The molecule has 0 saturated carbocycles. The summed E-state index contributed by atoms with van der Waals surface area (Å²) in [7, 11) is -2.69. The van der Waals surface area contributed by atoms with Crippen molar-refractivity contribution in [3.63, 3.8) is 0 Å². The second-order valence-corrected chi connectivity index (χ2v) is 12.0. The minimum absolute atomic E-state index is 0.00940. The Hall–Kier alpha value is -5.17. The van der Waals surface area contributed by atoms with Crippen LogP contribution in [-0.4, -0.2) is 55.0 Å². The molecule has 1 aromatic heterocycles. The van der Waals surface area contributed by atoms with Gasteiger partial charge >= 0.3 is 0 Å². The lowest BCUT2D eigenvalue weighted by atomic mass is 10.2. The van der Waals surface area contributed by atoms with Gasteiger partial charge in [0.1, 0.15) is 18.0 Å². The fourth-order valence-electron chi connectivity index (χ4n) is 4.35. The lowest BCUT2D eigenvalue weighted by molar-refractivity contribution is -0.123. The second kappa shape index (κ2) is 13.9. The molecular formula is C31H34N6O6S. The Morgan fingerprint density at radius 1 is 0.955 bits per heavy atom. The van der Waals surface area contributed by atoms with Crippen molar-refractivity contribution >= 4 is 33.7 Å². The van der Waals surface area contributed by atoms with Crippen LogP contribution < -0.4 is 25.3 Å². The number of ether oxygens (including phenoxy) is 1. The molecular weight excluding hydrogens is 584 g/mol. The largest absolute Gasteiger partial charge is 0.484 e. The van der Waals surface area contributed by atoms with Crippen LogP contribution in [0.2, 0.25) is 0 Å². The molecule has 230 valence electrons. The first-order valence-corrected chi connectivity index (χ1v) is 15.2. The number of sulfonamides is 1. The van der Waals surface area contributed by atoms with Crippen LogP contribution in [0.25, 0.3) is 5.69 Å². The molecule has 2 amide bonds. The van der Waals surface area contributed by atoms with Gasteiger partial charge in [-0.3, -0.25) is 19.1 Å². The Labute approximate surface area is 255 Å². The number of carbonyl (C=O) groups is 2. The van der Waals surface area contributed by atoms with Crippen molar-refractivity contribution in [2.24, 2.45) is 12.1 Å². The number of hydrogen-bond donors (Lipinski definition) is 2. The topological polar surface area (TPSA) is 144 Å². The standard InChI is InChI=1S/C31H34N6O6S/c1-22(2)33-29(39)21-43-26-17-15-24(16-18-26)19-32-34-28(38)20-36(44(41,42)27-13-9-6-10-14-27)30-23(3)35(4)37(31(30)40)25-11-7-5-8-12-25/h5-19,22H,20-21H2,1-4H3,(H,33,39)(H,34,38)/b32-19-. The normalized spacial score (nSPS) is 11.5. The third-order valence-corrected chi connectivity index (χ3v) is 8.25. The van der Waals surface area contributed by atoms with Crippen molar-refractivity contribution in [3.05, 3.63) is 107 Å². The summed E-state index contributed by atoms with van der Waals surface area (Å²) < 4.78 is 36.8. The zero-order chi connectivity index (χ0) is 31.9. The Bertz CT molecular complexity index is 1800. The van der Waals surface area contributed by atoms with Crippen LogP contribution in [0.1, 0.15) is 25.1 Å². The maximum Gasteiger partial charge on any atom is 0.296 e. The van der Waals surface area contributed by atoms with Gasteiger partial charge in [-0.05, 0) is 74.9 Å². The predicted octanol–water partition coefficient (Wildman–Crippen LogP) is 2.73. The van der Waals surface area contributed by atoms with E-state index in [1.807, 2.05) is 13.8 Å². The van der Waals surface area contributed by atoms with E-state index in [4.69, 9.17) is 4.74 Å².